The second-order valence-corrected chi connectivity index (χ2v) is 6.17. The highest BCUT2D eigenvalue weighted by atomic mass is 16.5. The Morgan fingerprint density at radius 3 is 2.83 bits per heavy atom. The number of aryl methyl sites for hydroxylation is 1. The largest absolute Gasteiger partial charge is 0.376 e. The molecule has 24 heavy (non-hydrogen) atoms. The van der Waals surface area contributed by atoms with E-state index in [9.17, 15) is 9.59 Å². The first-order chi connectivity index (χ1) is 11.7. The maximum Gasteiger partial charge on any atom is 0.272 e. The summed E-state index contributed by atoms with van der Waals surface area (Å²) in [7, 11) is 0. The molecule has 1 aromatic rings. The van der Waals surface area contributed by atoms with E-state index in [4.69, 9.17) is 4.74 Å². The Labute approximate surface area is 141 Å². The third-order valence-corrected chi connectivity index (χ3v) is 4.34. The van der Waals surface area contributed by atoms with E-state index in [1.807, 2.05) is 6.92 Å². The quantitative estimate of drug-likeness (QED) is 0.779. The van der Waals surface area contributed by atoms with Crippen LogP contribution in [0.1, 0.15) is 29.0 Å². The topological polar surface area (TPSA) is 87.7 Å². The third kappa shape index (κ3) is 4.00. The molecule has 8 heteroatoms. The lowest BCUT2D eigenvalue weighted by molar-refractivity contribution is -0.119. The van der Waals surface area contributed by atoms with E-state index in [-0.39, 0.29) is 12.0 Å². The molecule has 8 nitrogen and oxygen atoms in total. The van der Waals surface area contributed by atoms with E-state index in [0.717, 1.165) is 31.6 Å². The normalized spacial score (nSPS) is 21.0. The Morgan fingerprint density at radius 1 is 1.38 bits per heavy atom. The summed E-state index contributed by atoms with van der Waals surface area (Å²) in [5, 5.41) is 3.17. The molecule has 1 aromatic heterocycles. The number of amides is 2. The van der Waals surface area contributed by atoms with Crippen LogP contribution in [-0.4, -0.2) is 77.5 Å². The minimum Gasteiger partial charge on any atom is -0.376 e. The van der Waals surface area contributed by atoms with Crippen LogP contribution in [0.2, 0.25) is 0 Å². The first kappa shape index (κ1) is 16.6. The number of nitrogens with one attached hydrogen (secondary N) is 1. The second-order valence-electron chi connectivity index (χ2n) is 6.17. The van der Waals surface area contributed by atoms with E-state index in [2.05, 4.69) is 15.3 Å². The van der Waals surface area contributed by atoms with Gasteiger partial charge < -0.3 is 19.9 Å². The van der Waals surface area contributed by atoms with Crippen LogP contribution >= 0.6 is 0 Å². The van der Waals surface area contributed by atoms with Gasteiger partial charge in [-0.15, -0.1) is 0 Å². The average molecular weight is 333 g/mol. The van der Waals surface area contributed by atoms with Crippen LogP contribution < -0.4 is 5.32 Å². The van der Waals surface area contributed by atoms with Crippen molar-refractivity contribution in [3.05, 3.63) is 17.5 Å². The Hall–Kier alpha value is -2.22. The summed E-state index contributed by atoms with van der Waals surface area (Å²) in [5.74, 6) is 0.339. The number of nitrogens with zero attached hydrogens (tertiary/aromatic N) is 4. The maximum atomic E-state index is 12.6. The van der Waals surface area contributed by atoms with Crippen LogP contribution in [0, 0.1) is 6.92 Å². The zero-order valence-electron chi connectivity index (χ0n) is 13.9. The molecule has 3 heterocycles. The van der Waals surface area contributed by atoms with Gasteiger partial charge in [0.05, 0.1) is 6.10 Å². The zero-order chi connectivity index (χ0) is 16.9. The fourth-order valence-corrected chi connectivity index (χ4v) is 2.96. The third-order valence-electron chi connectivity index (χ3n) is 4.34. The number of piperazine rings is 1. The van der Waals surface area contributed by atoms with Gasteiger partial charge >= 0.3 is 0 Å². The smallest absolute Gasteiger partial charge is 0.272 e. The van der Waals surface area contributed by atoms with Gasteiger partial charge in [0.2, 0.25) is 12.4 Å². The number of anilines is 1. The van der Waals surface area contributed by atoms with E-state index >= 15 is 0 Å². The van der Waals surface area contributed by atoms with Crippen LogP contribution in [0.25, 0.3) is 0 Å². The van der Waals surface area contributed by atoms with Gasteiger partial charge in [0, 0.05) is 45.0 Å². The molecule has 1 unspecified atom stereocenters. The number of aromatic nitrogens is 2. The van der Waals surface area contributed by atoms with Crippen LogP contribution in [0.15, 0.2) is 6.07 Å². The van der Waals surface area contributed by atoms with Crippen molar-refractivity contribution in [2.24, 2.45) is 0 Å². The highest BCUT2D eigenvalue weighted by molar-refractivity contribution is 5.92. The molecular weight excluding hydrogens is 310 g/mol. The number of carbonyl (C=O) groups is 2. The number of hydrogen-bond acceptors (Lipinski definition) is 6. The van der Waals surface area contributed by atoms with E-state index < -0.39 is 0 Å². The molecule has 0 radical (unpaired) electrons. The fourth-order valence-electron chi connectivity index (χ4n) is 2.96. The van der Waals surface area contributed by atoms with Gasteiger partial charge in [-0.1, -0.05) is 0 Å². The van der Waals surface area contributed by atoms with Gasteiger partial charge in [-0.3, -0.25) is 9.59 Å². The van der Waals surface area contributed by atoms with Crippen LogP contribution in [0.5, 0.6) is 0 Å². The molecule has 2 aliphatic rings. The number of carbonyl (C=O) groups excluding carboxylic acids is 2. The molecule has 3 rings (SSSR count). The molecular formula is C16H23N5O3. The predicted molar refractivity (Wildman–Crippen MR) is 87.8 cm³/mol. The van der Waals surface area contributed by atoms with Gasteiger partial charge in [-0.25, -0.2) is 9.97 Å². The Kier molecular flexibility index (Phi) is 5.24. The monoisotopic (exact) mass is 333 g/mol. The van der Waals surface area contributed by atoms with Crippen LogP contribution in [-0.2, 0) is 9.53 Å². The molecule has 0 aromatic carbocycles. The first-order valence-corrected chi connectivity index (χ1v) is 8.35. The lowest BCUT2D eigenvalue weighted by atomic mass is 10.2. The van der Waals surface area contributed by atoms with Crippen LogP contribution in [0.4, 0.5) is 5.95 Å². The number of hydrogen-bond donors (Lipinski definition) is 1. The summed E-state index contributed by atoms with van der Waals surface area (Å²) in [4.78, 5) is 35.5. The molecule has 130 valence electrons. The molecule has 0 bridgehead atoms. The van der Waals surface area contributed by atoms with Crippen molar-refractivity contribution < 1.29 is 14.3 Å². The standard InChI is InChI=1S/C16H23N5O3/c1-12-9-14(15(23)21-6-4-20(11-22)5-7-21)19-16(18-12)17-10-13-3-2-8-24-13/h9,11,13H,2-8,10H2,1H3,(H,17,18,19). The molecule has 0 aliphatic carbocycles. The van der Waals surface area contributed by atoms with E-state index in [1.54, 1.807) is 15.9 Å². The molecule has 1 N–H and O–H groups in total. The second kappa shape index (κ2) is 7.57. The van der Waals surface area contributed by atoms with Crippen molar-refractivity contribution in [1.29, 1.82) is 0 Å². The lowest BCUT2D eigenvalue weighted by Crippen LogP contribution is -2.48. The van der Waals surface area contributed by atoms with Crippen molar-refractivity contribution in [3.63, 3.8) is 0 Å². The Balaban J connectivity index is 1.64. The summed E-state index contributed by atoms with van der Waals surface area (Å²) >= 11 is 0. The molecule has 2 aliphatic heterocycles. The summed E-state index contributed by atoms with van der Waals surface area (Å²) in [5.41, 5.74) is 1.13. The van der Waals surface area contributed by atoms with Gasteiger partial charge in [-0.05, 0) is 25.8 Å². The molecule has 0 spiro atoms. The first-order valence-electron chi connectivity index (χ1n) is 8.35. The molecule has 2 fully saturated rings. The summed E-state index contributed by atoms with van der Waals surface area (Å²) < 4.78 is 5.57. The molecule has 0 saturated carbocycles. The number of ether oxygens (including phenoxy) is 1. The predicted octanol–water partition coefficient (Wildman–Crippen LogP) is 0.290. The lowest BCUT2D eigenvalue weighted by Gasteiger charge is -2.32. The maximum absolute atomic E-state index is 12.6. The SMILES string of the molecule is Cc1cc(C(=O)N2CCN(C=O)CC2)nc(NCC2CCCO2)n1. The van der Waals surface area contributed by atoms with Crippen molar-refractivity contribution in [3.8, 4) is 0 Å². The Bertz CT molecular complexity index is 595. The van der Waals surface area contributed by atoms with E-state index in [1.165, 1.54) is 0 Å². The van der Waals surface area contributed by atoms with Crippen molar-refractivity contribution >= 4 is 18.3 Å². The fraction of sp³-hybridized carbons (Fsp3) is 0.625. The average Bonchev–Trinajstić information content (AvgIpc) is 3.12. The number of rotatable bonds is 5. The van der Waals surface area contributed by atoms with E-state index in [0.29, 0.717) is 44.4 Å². The molecule has 1 atom stereocenters. The van der Waals surface area contributed by atoms with Gasteiger partial charge in [0.1, 0.15) is 5.69 Å². The summed E-state index contributed by atoms with van der Waals surface area (Å²) in [6.07, 6.45) is 3.12. The highest BCUT2D eigenvalue weighted by Gasteiger charge is 2.23. The van der Waals surface area contributed by atoms with Crippen molar-refractivity contribution in [2.45, 2.75) is 25.9 Å². The van der Waals surface area contributed by atoms with Crippen LogP contribution in [0.3, 0.4) is 0 Å². The minimum absolute atomic E-state index is 0.119. The molecule has 2 saturated heterocycles. The van der Waals surface area contributed by atoms with Gasteiger partial charge in [0.15, 0.2) is 0 Å². The minimum atomic E-state index is -0.119. The molecule has 2 amide bonds. The summed E-state index contributed by atoms with van der Waals surface area (Å²) in [6, 6.07) is 1.70. The van der Waals surface area contributed by atoms with Crippen molar-refractivity contribution in [1.82, 2.24) is 19.8 Å². The van der Waals surface area contributed by atoms with Gasteiger partial charge in [-0.2, -0.15) is 0 Å². The summed E-state index contributed by atoms with van der Waals surface area (Å²) in [6.45, 7) is 5.47. The zero-order valence-corrected chi connectivity index (χ0v) is 13.9. The highest BCUT2D eigenvalue weighted by Crippen LogP contribution is 2.14. The van der Waals surface area contributed by atoms with Crippen molar-refractivity contribution in [2.75, 3.05) is 44.6 Å². The van der Waals surface area contributed by atoms with Gasteiger partial charge in [0.25, 0.3) is 5.91 Å². The Morgan fingerprint density at radius 2 is 2.17 bits per heavy atom.